The van der Waals surface area contributed by atoms with Crippen LogP contribution in [0.4, 0.5) is 17.1 Å². The first-order valence-corrected chi connectivity index (χ1v) is 20.4. The molecule has 55 heavy (non-hydrogen) atoms. The Kier molecular flexibility index (Phi) is 16.0. The molecular weight excluding hydrogens is 727 g/mol. The molecule has 0 radical (unpaired) electrons. The van der Waals surface area contributed by atoms with Gasteiger partial charge < -0.3 is 40.4 Å². The van der Waals surface area contributed by atoms with Crippen molar-refractivity contribution in [3.63, 3.8) is 0 Å². The second kappa shape index (κ2) is 20.4. The van der Waals surface area contributed by atoms with Crippen LogP contribution in [0.25, 0.3) is 0 Å². The molecule has 3 amide bonds. The maximum absolute atomic E-state index is 14.4. The zero-order valence-electron chi connectivity index (χ0n) is 32.6. The molecule has 4 atom stereocenters. The fourth-order valence-corrected chi connectivity index (χ4v) is 7.43. The number of aryl methyl sites for hydroxylation is 1. The number of aromatic nitrogens is 2. The van der Waals surface area contributed by atoms with Gasteiger partial charge in [-0.25, -0.2) is 13.4 Å². The van der Waals surface area contributed by atoms with Crippen LogP contribution in [0.2, 0.25) is 0 Å². The van der Waals surface area contributed by atoms with Gasteiger partial charge in [0.2, 0.25) is 11.8 Å². The lowest BCUT2D eigenvalue weighted by Gasteiger charge is -2.35. The van der Waals surface area contributed by atoms with Crippen LogP contribution in [-0.4, -0.2) is 102 Å². The first-order chi connectivity index (χ1) is 26.2. The average Bonchev–Trinajstić information content (AvgIpc) is 3.60. The second-order valence-electron chi connectivity index (χ2n) is 14.4. The predicted molar refractivity (Wildman–Crippen MR) is 211 cm³/mol. The molecule has 5 N–H and O–H groups in total. The van der Waals surface area contributed by atoms with E-state index < -0.39 is 28.1 Å². The zero-order valence-corrected chi connectivity index (χ0v) is 33.4. The highest BCUT2D eigenvalue weighted by atomic mass is 32.2. The lowest BCUT2D eigenvalue weighted by Crippen LogP contribution is -2.48. The number of carbonyl (C=O) groups is 3. The molecule has 0 saturated carbocycles. The number of aliphatic hydroxyl groups is 1. The number of hydrogen-bond donors (Lipinski definition) is 4. The minimum Gasteiger partial charge on any atom is -0.490 e. The number of carbonyl (C=O) groups excluding carboxylic acids is 3. The van der Waals surface area contributed by atoms with Crippen LogP contribution in [-0.2, 0) is 31.4 Å². The molecule has 0 fully saturated rings. The number of nitrogen functional groups attached to an aromatic ring is 1. The van der Waals surface area contributed by atoms with Crippen LogP contribution >= 0.6 is 0 Å². The first kappa shape index (κ1) is 43.2. The normalized spacial score (nSPS) is 19.2. The van der Waals surface area contributed by atoms with Crippen molar-refractivity contribution in [2.24, 2.45) is 13.0 Å². The number of para-hydroxylation sites is 2. The van der Waals surface area contributed by atoms with E-state index in [9.17, 15) is 27.9 Å². The number of benzene rings is 2. The predicted octanol–water partition coefficient (Wildman–Crippen LogP) is 4.65. The summed E-state index contributed by atoms with van der Waals surface area (Å²) in [5.74, 6) is -0.775. The SMILES string of the molecule is C[C@H](CO)N1C[C@H](C)[C@@H](CN(C)S(=O)(=O)c2cn(C)cn2)OCCCC[C@H](C)Oc2ccc(NC(=O)CCCCCC(=O)Nc3ccccc3N)cc2C1=O. The monoisotopic (exact) mass is 783 g/mol. The topological polar surface area (TPSA) is 198 Å². The fraction of sp³-hybridized carbons (Fsp3) is 0.538. The summed E-state index contributed by atoms with van der Waals surface area (Å²) in [5, 5.41) is 15.9. The molecular formula is C39H57N7O8S. The lowest BCUT2D eigenvalue weighted by atomic mass is 10.0. The van der Waals surface area contributed by atoms with E-state index in [0.29, 0.717) is 61.5 Å². The van der Waals surface area contributed by atoms with Gasteiger partial charge in [0.15, 0.2) is 5.03 Å². The Bertz CT molecular complexity index is 1850. The van der Waals surface area contributed by atoms with Crippen molar-refractivity contribution in [3.8, 4) is 5.75 Å². The number of nitrogens with one attached hydrogen (secondary N) is 2. The third-order valence-corrected chi connectivity index (χ3v) is 11.4. The van der Waals surface area contributed by atoms with Gasteiger partial charge >= 0.3 is 0 Å². The van der Waals surface area contributed by atoms with E-state index in [-0.39, 0.29) is 60.5 Å². The van der Waals surface area contributed by atoms with E-state index in [1.54, 1.807) is 65.9 Å². The van der Waals surface area contributed by atoms with Gasteiger partial charge in [-0.3, -0.25) is 14.4 Å². The van der Waals surface area contributed by atoms with E-state index in [1.165, 1.54) is 23.9 Å². The molecule has 3 aromatic rings. The van der Waals surface area contributed by atoms with Crippen LogP contribution in [0.3, 0.4) is 0 Å². The lowest BCUT2D eigenvalue weighted by molar-refractivity contribution is -0.116. The number of ether oxygens (including phenoxy) is 2. The Morgan fingerprint density at radius 1 is 1.07 bits per heavy atom. The Labute approximate surface area is 324 Å². The molecule has 0 bridgehead atoms. The first-order valence-electron chi connectivity index (χ1n) is 18.9. The number of sulfonamides is 1. The van der Waals surface area contributed by atoms with E-state index in [4.69, 9.17) is 15.2 Å². The number of aliphatic hydroxyl groups excluding tert-OH is 1. The summed E-state index contributed by atoms with van der Waals surface area (Å²) in [6.07, 6.45) is 6.60. The minimum atomic E-state index is -3.90. The third kappa shape index (κ3) is 12.5. The number of nitrogens with zero attached hydrogens (tertiary/aromatic N) is 4. The Morgan fingerprint density at radius 2 is 1.78 bits per heavy atom. The van der Waals surface area contributed by atoms with Gasteiger partial charge in [0.05, 0.1) is 48.1 Å². The molecule has 1 aromatic heterocycles. The summed E-state index contributed by atoms with van der Waals surface area (Å²) in [7, 11) is -0.724. The number of fused-ring (bicyclic) bond motifs is 1. The van der Waals surface area contributed by atoms with Gasteiger partial charge in [0.25, 0.3) is 15.9 Å². The second-order valence-corrected chi connectivity index (χ2v) is 16.4. The van der Waals surface area contributed by atoms with Crippen LogP contribution in [0.1, 0.15) is 82.5 Å². The molecule has 15 nitrogen and oxygen atoms in total. The number of imidazole rings is 1. The summed E-state index contributed by atoms with van der Waals surface area (Å²) in [6, 6.07) is 11.4. The summed E-state index contributed by atoms with van der Waals surface area (Å²) in [6.45, 7) is 5.79. The molecule has 1 aliphatic heterocycles. The molecule has 4 rings (SSSR count). The van der Waals surface area contributed by atoms with Gasteiger partial charge in [-0.05, 0) is 76.3 Å². The van der Waals surface area contributed by atoms with Gasteiger partial charge in [-0.1, -0.05) is 25.5 Å². The number of rotatable bonds is 14. The number of nitrogens with two attached hydrogens (primary N) is 1. The van der Waals surface area contributed by atoms with Gasteiger partial charge in [-0.15, -0.1) is 0 Å². The van der Waals surface area contributed by atoms with E-state index in [2.05, 4.69) is 15.6 Å². The molecule has 302 valence electrons. The molecule has 16 heteroatoms. The largest absolute Gasteiger partial charge is 0.490 e. The number of likely N-dealkylation sites (N-methyl/N-ethyl adjacent to an activating group) is 1. The Balaban J connectivity index is 1.45. The molecule has 0 aliphatic carbocycles. The summed E-state index contributed by atoms with van der Waals surface area (Å²) >= 11 is 0. The molecule has 0 saturated heterocycles. The van der Waals surface area contributed by atoms with E-state index in [1.807, 2.05) is 13.8 Å². The van der Waals surface area contributed by atoms with Crippen molar-refractivity contribution >= 4 is 44.8 Å². The standard InChI is InChI=1S/C39H57N7O8S/c1-27-22-46(28(2)25-47)39(50)31-21-30(42-36(48)16-7-6-8-17-37(49)43-33-15-10-9-14-32(33)40)18-19-34(31)54-29(3)13-11-12-20-53-35(27)23-45(5)55(51,52)38-24-44(4)26-41-38/h9-10,14-15,18-19,21,24,26-29,35,47H,6-8,11-13,16-17,20,22-23,25,40H2,1-5H3,(H,42,48)(H,43,49)/t27-,28+,29-,35+/m0/s1. The molecule has 0 unspecified atom stereocenters. The maximum Gasteiger partial charge on any atom is 0.261 e. The van der Waals surface area contributed by atoms with Crippen molar-refractivity contribution in [1.29, 1.82) is 0 Å². The Hall–Kier alpha value is -4.51. The van der Waals surface area contributed by atoms with E-state index in [0.717, 1.165) is 12.8 Å². The minimum absolute atomic E-state index is 0.0257. The number of hydrogen-bond acceptors (Lipinski definition) is 10. The maximum atomic E-state index is 14.4. The molecule has 2 heterocycles. The van der Waals surface area contributed by atoms with Crippen molar-refractivity contribution in [3.05, 3.63) is 60.6 Å². The van der Waals surface area contributed by atoms with Gasteiger partial charge in [0, 0.05) is 64.4 Å². The van der Waals surface area contributed by atoms with Gasteiger partial charge in [-0.2, -0.15) is 4.31 Å². The third-order valence-electron chi connectivity index (χ3n) is 9.67. The molecule has 1 aliphatic rings. The quantitative estimate of drug-likeness (QED) is 0.132. The van der Waals surface area contributed by atoms with E-state index >= 15 is 0 Å². The number of unbranched alkanes of at least 4 members (excludes halogenated alkanes) is 2. The highest BCUT2D eigenvalue weighted by Gasteiger charge is 2.33. The van der Waals surface area contributed by atoms with Crippen LogP contribution in [0.15, 0.2) is 60.0 Å². The van der Waals surface area contributed by atoms with Crippen LogP contribution in [0, 0.1) is 5.92 Å². The highest BCUT2D eigenvalue weighted by Crippen LogP contribution is 2.29. The zero-order chi connectivity index (χ0) is 40.1. The number of anilines is 3. The fourth-order valence-electron chi connectivity index (χ4n) is 6.29. The molecule has 0 spiro atoms. The highest BCUT2D eigenvalue weighted by molar-refractivity contribution is 7.89. The Morgan fingerprint density at radius 3 is 2.45 bits per heavy atom. The van der Waals surface area contributed by atoms with Crippen LogP contribution < -0.4 is 21.1 Å². The average molecular weight is 784 g/mol. The summed E-state index contributed by atoms with van der Waals surface area (Å²) in [4.78, 5) is 45.3. The van der Waals surface area contributed by atoms with Crippen molar-refractivity contribution < 1.29 is 37.4 Å². The van der Waals surface area contributed by atoms with Crippen molar-refractivity contribution in [2.45, 2.75) is 95.4 Å². The summed E-state index contributed by atoms with van der Waals surface area (Å²) in [5.41, 5.74) is 7.62. The smallest absolute Gasteiger partial charge is 0.261 e. The number of amides is 3. The van der Waals surface area contributed by atoms with Crippen molar-refractivity contribution in [1.82, 2.24) is 18.8 Å². The summed E-state index contributed by atoms with van der Waals surface area (Å²) < 4.78 is 42.1. The van der Waals surface area contributed by atoms with Crippen molar-refractivity contribution in [2.75, 3.05) is 49.7 Å². The molecule has 2 aromatic carbocycles. The van der Waals surface area contributed by atoms with Crippen LogP contribution in [0.5, 0.6) is 5.75 Å². The van der Waals surface area contributed by atoms with Gasteiger partial charge in [0.1, 0.15) is 5.75 Å².